The quantitative estimate of drug-likeness (QED) is 0.808. The van der Waals surface area contributed by atoms with E-state index in [4.69, 9.17) is 16.7 Å². The van der Waals surface area contributed by atoms with Gasteiger partial charge >= 0.3 is 5.97 Å². The number of rotatable bonds is 6. The number of carboxylic acid groups (broad SMARTS) is 1. The summed E-state index contributed by atoms with van der Waals surface area (Å²) in [6.45, 7) is 5.38. The van der Waals surface area contributed by atoms with E-state index < -0.39 is 5.97 Å². The average Bonchev–Trinajstić information content (AvgIpc) is 2.57. The van der Waals surface area contributed by atoms with Crippen molar-refractivity contribution in [3.63, 3.8) is 0 Å². The van der Waals surface area contributed by atoms with E-state index in [1.54, 1.807) is 6.07 Å². The van der Waals surface area contributed by atoms with Crippen molar-refractivity contribution in [3.8, 4) is 0 Å². The van der Waals surface area contributed by atoms with Crippen molar-refractivity contribution in [2.45, 2.75) is 38.8 Å². The summed E-state index contributed by atoms with van der Waals surface area (Å²) in [6.07, 6.45) is 1.72. The first kappa shape index (κ1) is 19.7. The van der Waals surface area contributed by atoms with Crippen molar-refractivity contribution in [1.29, 1.82) is 0 Å². The predicted octanol–water partition coefficient (Wildman–Crippen LogP) is 2.46. The van der Waals surface area contributed by atoms with Gasteiger partial charge in [0.25, 0.3) is 0 Å². The lowest BCUT2D eigenvalue weighted by atomic mass is 10.0. The van der Waals surface area contributed by atoms with Crippen LogP contribution in [0.2, 0.25) is 5.02 Å². The third-order valence-electron chi connectivity index (χ3n) is 4.96. The molecule has 7 heteroatoms. The van der Waals surface area contributed by atoms with Crippen molar-refractivity contribution < 1.29 is 14.7 Å². The standard InChI is InChI=1S/C18H26ClN3O3/c1-12-15(19)5-4-6-16(12)20-18(25)13(2)22-9-7-14(8-10-22)21(3)11-17(23)24/h4-6,13-14H,7-11H2,1-3H3,(H,20,25)(H,23,24). The van der Waals surface area contributed by atoms with Gasteiger partial charge in [-0.3, -0.25) is 19.4 Å². The Morgan fingerprint density at radius 2 is 2.04 bits per heavy atom. The van der Waals surface area contributed by atoms with Crippen LogP contribution in [0.1, 0.15) is 25.3 Å². The molecule has 1 aliphatic heterocycles. The number of hydrogen-bond donors (Lipinski definition) is 2. The lowest BCUT2D eigenvalue weighted by molar-refractivity contribution is -0.138. The molecule has 1 heterocycles. The van der Waals surface area contributed by atoms with Gasteiger partial charge < -0.3 is 10.4 Å². The summed E-state index contributed by atoms with van der Waals surface area (Å²) in [5.74, 6) is -0.864. The number of carboxylic acids is 1. The second-order valence-corrected chi connectivity index (χ2v) is 7.06. The lowest BCUT2D eigenvalue weighted by Crippen LogP contribution is -2.50. The molecule has 2 N–H and O–H groups in total. The van der Waals surface area contributed by atoms with Gasteiger partial charge in [-0.15, -0.1) is 0 Å². The first-order chi connectivity index (χ1) is 11.8. The molecule has 2 rings (SSSR count). The minimum absolute atomic E-state index is 0.0503. The van der Waals surface area contributed by atoms with Crippen LogP contribution in [-0.2, 0) is 9.59 Å². The number of nitrogens with one attached hydrogen (secondary N) is 1. The smallest absolute Gasteiger partial charge is 0.317 e. The molecule has 1 amide bonds. The summed E-state index contributed by atoms with van der Waals surface area (Å²) in [7, 11) is 1.84. The minimum Gasteiger partial charge on any atom is -0.480 e. The van der Waals surface area contributed by atoms with E-state index in [9.17, 15) is 9.59 Å². The highest BCUT2D eigenvalue weighted by Crippen LogP contribution is 2.24. The Hall–Kier alpha value is -1.63. The molecule has 1 aromatic rings. The number of likely N-dealkylation sites (tertiary alicyclic amines) is 1. The summed E-state index contributed by atoms with van der Waals surface area (Å²) in [5, 5.41) is 12.5. The number of anilines is 1. The fraction of sp³-hybridized carbons (Fsp3) is 0.556. The van der Waals surface area contributed by atoms with E-state index in [-0.39, 0.29) is 24.5 Å². The van der Waals surface area contributed by atoms with Gasteiger partial charge in [0.05, 0.1) is 12.6 Å². The number of hydrogen-bond acceptors (Lipinski definition) is 4. The van der Waals surface area contributed by atoms with Gasteiger partial charge in [0.2, 0.25) is 5.91 Å². The average molecular weight is 368 g/mol. The normalized spacial score (nSPS) is 17.5. The summed E-state index contributed by atoms with van der Waals surface area (Å²) < 4.78 is 0. The van der Waals surface area contributed by atoms with Crippen molar-refractivity contribution in [3.05, 3.63) is 28.8 Å². The van der Waals surface area contributed by atoms with Crippen molar-refractivity contribution >= 4 is 29.2 Å². The number of likely N-dealkylation sites (N-methyl/N-ethyl adjacent to an activating group) is 1. The first-order valence-electron chi connectivity index (χ1n) is 8.51. The maximum atomic E-state index is 12.6. The zero-order valence-corrected chi connectivity index (χ0v) is 15.7. The van der Waals surface area contributed by atoms with Crippen molar-refractivity contribution in [1.82, 2.24) is 9.80 Å². The molecule has 1 unspecified atom stereocenters. The third-order valence-corrected chi connectivity index (χ3v) is 5.37. The maximum Gasteiger partial charge on any atom is 0.317 e. The maximum absolute atomic E-state index is 12.6. The van der Waals surface area contributed by atoms with Gasteiger partial charge in [-0.1, -0.05) is 17.7 Å². The number of carbonyl (C=O) groups is 2. The first-order valence-corrected chi connectivity index (χ1v) is 8.89. The highest BCUT2D eigenvalue weighted by Gasteiger charge is 2.29. The molecule has 1 aromatic carbocycles. The topological polar surface area (TPSA) is 72.9 Å². The molecule has 0 bridgehead atoms. The molecule has 138 valence electrons. The molecule has 0 spiro atoms. The highest BCUT2D eigenvalue weighted by molar-refractivity contribution is 6.31. The zero-order valence-electron chi connectivity index (χ0n) is 15.0. The van der Waals surface area contributed by atoms with Crippen LogP contribution in [-0.4, -0.2) is 65.5 Å². The third kappa shape index (κ3) is 5.17. The second-order valence-electron chi connectivity index (χ2n) is 6.65. The van der Waals surface area contributed by atoms with Crippen LogP contribution in [0.5, 0.6) is 0 Å². The van der Waals surface area contributed by atoms with Crippen LogP contribution in [0.25, 0.3) is 0 Å². The van der Waals surface area contributed by atoms with Crippen LogP contribution in [0.15, 0.2) is 18.2 Å². The molecule has 1 saturated heterocycles. The number of aliphatic carboxylic acids is 1. The number of amides is 1. The molecule has 1 fully saturated rings. The van der Waals surface area contributed by atoms with E-state index >= 15 is 0 Å². The fourth-order valence-electron chi connectivity index (χ4n) is 3.20. The Bertz CT molecular complexity index is 630. The molecule has 0 radical (unpaired) electrons. The SMILES string of the molecule is Cc1c(Cl)cccc1NC(=O)C(C)N1CCC(N(C)CC(=O)O)CC1. The van der Waals surface area contributed by atoms with Gasteiger partial charge in [0, 0.05) is 29.8 Å². The van der Waals surface area contributed by atoms with Gasteiger partial charge in [0.1, 0.15) is 0 Å². The Morgan fingerprint density at radius 1 is 1.40 bits per heavy atom. The number of piperidine rings is 1. The van der Waals surface area contributed by atoms with Crippen molar-refractivity contribution in [2.24, 2.45) is 0 Å². The molecule has 6 nitrogen and oxygen atoms in total. The van der Waals surface area contributed by atoms with Crippen LogP contribution in [0.4, 0.5) is 5.69 Å². The van der Waals surface area contributed by atoms with Gasteiger partial charge in [-0.05, 0) is 51.4 Å². The summed E-state index contributed by atoms with van der Waals surface area (Å²) in [6, 6.07) is 5.47. The molecular formula is C18H26ClN3O3. The minimum atomic E-state index is -0.811. The van der Waals surface area contributed by atoms with E-state index in [1.807, 2.05) is 37.9 Å². The predicted molar refractivity (Wildman–Crippen MR) is 99.1 cm³/mol. The van der Waals surface area contributed by atoms with Crippen LogP contribution in [0, 0.1) is 6.92 Å². The van der Waals surface area contributed by atoms with E-state index in [0.717, 1.165) is 37.2 Å². The molecule has 0 aliphatic carbocycles. The number of benzene rings is 1. The van der Waals surface area contributed by atoms with Crippen molar-refractivity contribution in [2.75, 3.05) is 32.0 Å². The Morgan fingerprint density at radius 3 is 2.64 bits per heavy atom. The molecule has 1 aliphatic rings. The summed E-state index contributed by atoms with van der Waals surface area (Å²) >= 11 is 6.10. The summed E-state index contributed by atoms with van der Waals surface area (Å²) in [5.41, 5.74) is 1.60. The zero-order chi connectivity index (χ0) is 18.6. The van der Waals surface area contributed by atoms with Crippen LogP contribution in [0.3, 0.4) is 0 Å². The Kier molecular flexibility index (Phi) is 6.81. The lowest BCUT2D eigenvalue weighted by Gasteiger charge is -2.38. The largest absolute Gasteiger partial charge is 0.480 e. The summed E-state index contributed by atoms with van der Waals surface area (Å²) in [4.78, 5) is 27.4. The van der Waals surface area contributed by atoms with E-state index in [1.165, 1.54) is 0 Å². The Balaban J connectivity index is 1.89. The highest BCUT2D eigenvalue weighted by atomic mass is 35.5. The molecule has 0 aromatic heterocycles. The van der Waals surface area contributed by atoms with Crippen LogP contribution >= 0.6 is 11.6 Å². The number of nitrogens with zero attached hydrogens (tertiary/aromatic N) is 2. The van der Waals surface area contributed by atoms with Gasteiger partial charge in [-0.2, -0.15) is 0 Å². The number of carbonyl (C=O) groups excluding carboxylic acids is 1. The second kappa shape index (κ2) is 8.65. The molecule has 25 heavy (non-hydrogen) atoms. The van der Waals surface area contributed by atoms with Gasteiger partial charge in [-0.25, -0.2) is 0 Å². The fourth-order valence-corrected chi connectivity index (χ4v) is 3.38. The molecule has 1 atom stereocenters. The van der Waals surface area contributed by atoms with Gasteiger partial charge in [0.15, 0.2) is 0 Å². The molecular weight excluding hydrogens is 342 g/mol. The number of halogens is 1. The molecule has 0 saturated carbocycles. The van der Waals surface area contributed by atoms with E-state index in [0.29, 0.717) is 5.02 Å². The van der Waals surface area contributed by atoms with E-state index in [2.05, 4.69) is 10.2 Å². The monoisotopic (exact) mass is 367 g/mol. The van der Waals surface area contributed by atoms with Crippen LogP contribution < -0.4 is 5.32 Å². The Labute approximate surface area is 153 Å².